The van der Waals surface area contributed by atoms with Crippen LogP contribution in [0.25, 0.3) is 0 Å². The maximum absolute atomic E-state index is 13.9. The summed E-state index contributed by atoms with van der Waals surface area (Å²) in [5.41, 5.74) is -0.639. The Labute approximate surface area is 114 Å². The van der Waals surface area contributed by atoms with Crippen molar-refractivity contribution in [3.05, 3.63) is 64.0 Å². The van der Waals surface area contributed by atoms with Gasteiger partial charge in [-0.05, 0) is 25.1 Å². The quantitative estimate of drug-likeness (QED) is 0.644. The van der Waals surface area contributed by atoms with Gasteiger partial charge in [0.25, 0.3) is 5.69 Å². The fourth-order valence-electron chi connectivity index (χ4n) is 1.89. The average Bonchev–Trinajstić information content (AvgIpc) is 2.39. The van der Waals surface area contributed by atoms with E-state index in [-0.39, 0.29) is 10.5 Å². The molecule has 0 aliphatic rings. The average molecular weight is 295 g/mol. The molecule has 0 aliphatic carbocycles. The normalized spacial score (nSPS) is 11.3. The van der Waals surface area contributed by atoms with Gasteiger partial charge in [0, 0.05) is 11.6 Å². The number of halogens is 1. The lowest BCUT2D eigenvalue weighted by Gasteiger charge is -2.09. The van der Waals surface area contributed by atoms with E-state index in [1.807, 2.05) is 0 Å². The van der Waals surface area contributed by atoms with Crippen molar-refractivity contribution in [2.45, 2.75) is 16.7 Å². The first-order valence-electron chi connectivity index (χ1n) is 5.59. The highest BCUT2D eigenvalue weighted by Crippen LogP contribution is 2.31. The largest absolute Gasteiger partial charge is 0.273 e. The van der Waals surface area contributed by atoms with Crippen molar-refractivity contribution in [2.24, 2.45) is 0 Å². The van der Waals surface area contributed by atoms with E-state index in [2.05, 4.69) is 0 Å². The minimum atomic E-state index is -4.14. The van der Waals surface area contributed by atoms with Gasteiger partial charge in [-0.1, -0.05) is 18.2 Å². The van der Waals surface area contributed by atoms with E-state index in [0.29, 0.717) is 0 Å². The summed E-state index contributed by atoms with van der Waals surface area (Å²) in [6.07, 6.45) is 0. The summed E-state index contributed by atoms with van der Waals surface area (Å²) in [7, 11) is -4.14. The summed E-state index contributed by atoms with van der Waals surface area (Å²) in [4.78, 5) is 9.34. The molecule has 2 aromatic rings. The number of nitrogens with zero attached hydrogens (tertiary/aromatic N) is 1. The molecule has 0 radical (unpaired) electrons. The second kappa shape index (κ2) is 5.01. The number of benzene rings is 2. The van der Waals surface area contributed by atoms with Crippen LogP contribution in [-0.4, -0.2) is 13.3 Å². The zero-order valence-electron chi connectivity index (χ0n) is 10.4. The van der Waals surface area contributed by atoms with Crippen LogP contribution in [0.4, 0.5) is 10.1 Å². The molecule has 20 heavy (non-hydrogen) atoms. The Hall–Kier alpha value is -2.28. The topological polar surface area (TPSA) is 77.3 Å². The predicted octanol–water partition coefficient (Wildman–Crippen LogP) is 2.88. The van der Waals surface area contributed by atoms with E-state index in [1.165, 1.54) is 31.2 Å². The lowest BCUT2D eigenvalue weighted by atomic mass is 10.2. The Morgan fingerprint density at radius 3 is 2.25 bits per heavy atom. The molecule has 0 aromatic heterocycles. The summed E-state index contributed by atoms with van der Waals surface area (Å²) in [6, 6.07) is 8.99. The van der Waals surface area contributed by atoms with Crippen molar-refractivity contribution >= 4 is 15.5 Å². The maximum Gasteiger partial charge on any atom is 0.273 e. The minimum Gasteiger partial charge on any atom is -0.258 e. The van der Waals surface area contributed by atoms with Crippen molar-refractivity contribution < 1.29 is 17.7 Å². The number of nitro benzene ring substituents is 1. The third-order valence-corrected chi connectivity index (χ3v) is 4.78. The first-order valence-corrected chi connectivity index (χ1v) is 7.07. The van der Waals surface area contributed by atoms with Crippen LogP contribution in [0, 0.1) is 22.9 Å². The Kier molecular flexibility index (Phi) is 3.54. The van der Waals surface area contributed by atoms with Crippen LogP contribution in [-0.2, 0) is 9.84 Å². The van der Waals surface area contributed by atoms with Gasteiger partial charge in [-0.25, -0.2) is 12.8 Å². The highest BCUT2D eigenvalue weighted by atomic mass is 32.2. The van der Waals surface area contributed by atoms with Gasteiger partial charge in [0.15, 0.2) is 0 Å². The highest BCUT2D eigenvalue weighted by molar-refractivity contribution is 7.91. The fourth-order valence-corrected chi connectivity index (χ4v) is 3.48. The fraction of sp³-hybridized carbons (Fsp3) is 0.0769. The molecule has 0 fully saturated rings. The van der Waals surface area contributed by atoms with Crippen LogP contribution in [0.1, 0.15) is 5.56 Å². The first-order chi connectivity index (χ1) is 9.35. The van der Waals surface area contributed by atoms with Crippen molar-refractivity contribution in [2.75, 3.05) is 0 Å². The molecular formula is C13H10FNO4S. The van der Waals surface area contributed by atoms with Gasteiger partial charge in [0.2, 0.25) is 9.84 Å². The lowest BCUT2D eigenvalue weighted by molar-refractivity contribution is -0.385. The van der Waals surface area contributed by atoms with E-state index < -0.39 is 31.2 Å². The number of hydrogen-bond donors (Lipinski definition) is 0. The molecule has 104 valence electrons. The van der Waals surface area contributed by atoms with Gasteiger partial charge in [0.05, 0.1) is 9.82 Å². The summed E-state index contributed by atoms with van der Waals surface area (Å²) in [5, 5.41) is 10.8. The number of nitro groups is 1. The van der Waals surface area contributed by atoms with E-state index in [0.717, 1.165) is 12.1 Å². The van der Waals surface area contributed by atoms with Crippen molar-refractivity contribution in [3.8, 4) is 0 Å². The standard InChI is InChI=1S/C13H10FNO4S/c1-9-12(15(16)17)8-7-11(14)13(9)20(18,19)10-5-3-2-4-6-10/h2-8H,1H3. The molecule has 0 aliphatic heterocycles. The van der Waals surface area contributed by atoms with E-state index >= 15 is 0 Å². The molecule has 0 N–H and O–H groups in total. The summed E-state index contributed by atoms with van der Waals surface area (Å²) >= 11 is 0. The lowest BCUT2D eigenvalue weighted by Crippen LogP contribution is -2.08. The maximum atomic E-state index is 13.9. The van der Waals surface area contributed by atoms with Crippen LogP contribution in [0.3, 0.4) is 0 Å². The Bertz CT molecular complexity index is 772. The molecule has 0 atom stereocenters. The van der Waals surface area contributed by atoms with Crippen molar-refractivity contribution in [3.63, 3.8) is 0 Å². The monoisotopic (exact) mass is 295 g/mol. The summed E-state index contributed by atoms with van der Waals surface area (Å²) in [5.74, 6) is -1.00. The van der Waals surface area contributed by atoms with Crippen molar-refractivity contribution in [1.82, 2.24) is 0 Å². The van der Waals surface area contributed by atoms with Crippen LogP contribution < -0.4 is 0 Å². The van der Waals surface area contributed by atoms with Crippen LogP contribution in [0.2, 0.25) is 0 Å². The number of hydrogen-bond acceptors (Lipinski definition) is 4. The highest BCUT2D eigenvalue weighted by Gasteiger charge is 2.28. The van der Waals surface area contributed by atoms with Crippen molar-refractivity contribution in [1.29, 1.82) is 0 Å². The SMILES string of the molecule is Cc1c([N+](=O)[O-])ccc(F)c1S(=O)(=O)c1ccccc1. The molecule has 2 aromatic carbocycles. The summed E-state index contributed by atoms with van der Waals surface area (Å²) in [6.45, 7) is 1.22. The second-order valence-electron chi connectivity index (χ2n) is 4.09. The molecule has 0 bridgehead atoms. The Morgan fingerprint density at radius 2 is 1.70 bits per heavy atom. The Morgan fingerprint density at radius 1 is 1.10 bits per heavy atom. The Balaban J connectivity index is 2.76. The predicted molar refractivity (Wildman–Crippen MR) is 69.7 cm³/mol. The van der Waals surface area contributed by atoms with Gasteiger partial charge >= 0.3 is 0 Å². The molecule has 0 saturated carbocycles. The first kappa shape index (κ1) is 14.1. The van der Waals surface area contributed by atoms with Crippen LogP contribution >= 0.6 is 0 Å². The van der Waals surface area contributed by atoms with Crippen LogP contribution in [0.5, 0.6) is 0 Å². The minimum absolute atomic E-state index is 0.109. The molecule has 0 spiro atoms. The van der Waals surface area contributed by atoms with E-state index in [1.54, 1.807) is 6.07 Å². The molecule has 5 nitrogen and oxygen atoms in total. The van der Waals surface area contributed by atoms with E-state index in [4.69, 9.17) is 0 Å². The summed E-state index contributed by atoms with van der Waals surface area (Å²) < 4.78 is 38.6. The van der Waals surface area contributed by atoms with E-state index in [9.17, 15) is 22.9 Å². The zero-order valence-corrected chi connectivity index (χ0v) is 11.2. The van der Waals surface area contributed by atoms with Crippen LogP contribution in [0.15, 0.2) is 52.3 Å². The molecule has 0 unspecified atom stereocenters. The molecule has 0 amide bonds. The third kappa shape index (κ3) is 2.27. The molecular weight excluding hydrogens is 285 g/mol. The zero-order chi connectivity index (χ0) is 14.9. The molecule has 0 saturated heterocycles. The third-order valence-electron chi connectivity index (χ3n) is 2.85. The molecule has 7 heteroatoms. The van der Waals surface area contributed by atoms with Gasteiger partial charge in [-0.15, -0.1) is 0 Å². The smallest absolute Gasteiger partial charge is 0.258 e. The number of sulfone groups is 1. The number of rotatable bonds is 3. The second-order valence-corrected chi connectivity index (χ2v) is 5.98. The molecule has 2 rings (SSSR count). The van der Waals surface area contributed by atoms with Gasteiger partial charge in [0.1, 0.15) is 10.7 Å². The van der Waals surface area contributed by atoms with Gasteiger partial charge < -0.3 is 0 Å². The van der Waals surface area contributed by atoms with Gasteiger partial charge in [-0.3, -0.25) is 10.1 Å². The molecule has 0 heterocycles. The van der Waals surface area contributed by atoms with Gasteiger partial charge in [-0.2, -0.15) is 0 Å².